The molecule has 0 radical (unpaired) electrons. The lowest BCUT2D eigenvalue weighted by molar-refractivity contribution is 1.32. The Morgan fingerprint density at radius 2 is 2.20 bits per heavy atom. The molecule has 0 aliphatic rings. The highest BCUT2D eigenvalue weighted by molar-refractivity contribution is 5.85. The van der Waals surface area contributed by atoms with Crippen LogP contribution in [0.4, 0.5) is 5.82 Å². The second-order valence-corrected chi connectivity index (χ2v) is 1.62. The summed E-state index contributed by atoms with van der Waals surface area (Å²) in [6.45, 7) is 0. The van der Waals surface area contributed by atoms with Gasteiger partial charge in [0, 0.05) is 11.8 Å². The van der Waals surface area contributed by atoms with E-state index in [4.69, 9.17) is 12.2 Å². The molecule has 2 nitrogen and oxygen atoms in total. The number of rotatable bonds is 0. The van der Waals surface area contributed by atoms with Crippen LogP contribution in [0, 0.1) is 12.3 Å². The van der Waals surface area contributed by atoms with Crippen molar-refractivity contribution in [2.45, 2.75) is 0 Å². The summed E-state index contributed by atoms with van der Waals surface area (Å²) in [7, 11) is 0. The van der Waals surface area contributed by atoms with E-state index in [1.54, 1.807) is 18.3 Å². The zero-order chi connectivity index (χ0) is 6.69. The van der Waals surface area contributed by atoms with Gasteiger partial charge in [-0.25, -0.2) is 4.98 Å². The Morgan fingerprint density at radius 3 is 2.60 bits per heavy atom. The summed E-state index contributed by atoms with van der Waals surface area (Å²) in [6, 6.07) is 3.43. The summed E-state index contributed by atoms with van der Waals surface area (Å²) in [5.74, 6) is 2.93. The van der Waals surface area contributed by atoms with Crippen LogP contribution >= 0.6 is 12.4 Å². The second-order valence-electron chi connectivity index (χ2n) is 1.62. The maximum Gasteiger partial charge on any atom is 0.123 e. The maximum absolute atomic E-state index is 5.30. The third-order valence-electron chi connectivity index (χ3n) is 0.953. The van der Waals surface area contributed by atoms with Crippen LogP contribution in [0.1, 0.15) is 5.56 Å². The lowest BCUT2D eigenvalue weighted by Gasteiger charge is -1.89. The second kappa shape index (κ2) is 3.76. The first kappa shape index (κ1) is 8.80. The number of pyridine rings is 1. The molecule has 10 heavy (non-hydrogen) atoms. The van der Waals surface area contributed by atoms with Crippen molar-refractivity contribution < 1.29 is 0 Å². The van der Waals surface area contributed by atoms with Crippen LogP contribution in [0.25, 0.3) is 0 Å². The van der Waals surface area contributed by atoms with Crippen LogP contribution in [0.3, 0.4) is 0 Å². The molecule has 0 spiro atoms. The molecule has 0 aliphatic heterocycles. The van der Waals surface area contributed by atoms with Crippen LogP contribution < -0.4 is 5.73 Å². The van der Waals surface area contributed by atoms with Gasteiger partial charge in [0.2, 0.25) is 0 Å². The number of nitrogens with zero attached hydrogens (tertiary/aromatic N) is 1. The van der Waals surface area contributed by atoms with Crippen LogP contribution in [-0.4, -0.2) is 4.98 Å². The van der Waals surface area contributed by atoms with Crippen molar-refractivity contribution in [1.82, 2.24) is 4.98 Å². The van der Waals surface area contributed by atoms with Crippen molar-refractivity contribution in [2.24, 2.45) is 0 Å². The van der Waals surface area contributed by atoms with Crippen LogP contribution in [0.2, 0.25) is 0 Å². The van der Waals surface area contributed by atoms with Gasteiger partial charge in [0.1, 0.15) is 5.82 Å². The molecule has 0 bridgehead atoms. The van der Waals surface area contributed by atoms with Gasteiger partial charge in [-0.3, -0.25) is 0 Å². The van der Waals surface area contributed by atoms with Gasteiger partial charge in [-0.15, -0.1) is 18.8 Å². The molecule has 0 aliphatic carbocycles. The minimum atomic E-state index is 0. The SMILES string of the molecule is C#Cc1ccc(N)nc1.Cl. The smallest absolute Gasteiger partial charge is 0.123 e. The van der Waals surface area contributed by atoms with E-state index in [2.05, 4.69) is 10.9 Å². The molecule has 3 heteroatoms. The fourth-order valence-electron chi connectivity index (χ4n) is 0.491. The summed E-state index contributed by atoms with van der Waals surface area (Å²) in [5, 5.41) is 0. The van der Waals surface area contributed by atoms with Gasteiger partial charge >= 0.3 is 0 Å². The monoisotopic (exact) mass is 154 g/mol. The van der Waals surface area contributed by atoms with E-state index >= 15 is 0 Å². The molecule has 1 aromatic heterocycles. The fourth-order valence-corrected chi connectivity index (χ4v) is 0.491. The molecule has 0 fully saturated rings. The average Bonchev–Trinajstić information content (AvgIpc) is 1.90. The first-order valence-corrected chi connectivity index (χ1v) is 2.51. The summed E-state index contributed by atoms with van der Waals surface area (Å²) in [5.41, 5.74) is 6.06. The van der Waals surface area contributed by atoms with Crippen molar-refractivity contribution in [3.8, 4) is 12.3 Å². The molecule has 0 saturated carbocycles. The Hall–Kier alpha value is -1.20. The molecule has 52 valence electrons. The average molecular weight is 155 g/mol. The Bertz CT molecular complexity index is 235. The molecular formula is C7H7ClN2. The summed E-state index contributed by atoms with van der Waals surface area (Å²) in [4.78, 5) is 3.79. The largest absolute Gasteiger partial charge is 0.384 e. The van der Waals surface area contributed by atoms with Crippen molar-refractivity contribution in [1.29, 1.82) is 0 Å². The van der Waals surface area contributed by atoms with Crippen LogP contribution in [0.15, 0.2) is 18.3 Å². The molecule has 2 N–H and O–H groups in total. The zero-order valence-corrected chi connectivity index (χ0v) is 6.06. The Kier molecular flexibility index (Phi) is 3.30. The van der Waals surface area contributed by atoms with Gasteiger partial charge in [-0.2, -0.15) is 0 Å². The van der Waals surface area contributed by atoms with Gasteiger partial charge in [-0.05, 0) is 12.1 Å². The standard InChI is InChI=1S/C7H6N2.ClH/c1-2-6-3-4-7(8)9-5-6;/h1,3-5H,(H2,8,9);1H. The van der Waals surface area contributed by atoms with Gasteiger partial charge in [-0.1, -0.05) is 5.92 Å². The maximum atomic E-state index is 5.30. The van der Waals surface area contributed by atoms with Gasteiger partial charge < -0.3 is 5.73 Å². The number of nitrogen functional groups attached to an aromatic ring is 1. The van der Waals surface area contributed by atoms with Crippen LogP contribution in [-0.2, 0) is 0 Å². The normalized spacial score (nSPS) is 7.50. The molecule has 0 amide bonds. The Balaban J connectivity index is 0.000000810. The van der Waals surface area contributed by atoms with E-state index in [1.807, 2.05) is 0 Å². The molecular weight excluding hydrogens is 148 g/mol. The van der Waals surface area contributed by atoms with Crippen LogP contribution in [0.5, 0.6) is 0 Å². The molecule has 0 unspecified atom stereocenters. The van der Waals surface area contributed by atoms with Gasteiger partial charge in [0.25, 0.3) is 0 Å². The molecule has 0 atom stereocenters. The van der Waals surface area contributed by atoms with E-state index in [-0.39, 0.29) is 12.4 Å². The predicted molar refractivity (Wildman–Crippen MR) is 43.8 cm³/mol. The quantitative estimate of drug-likeness (QED) is 0.568. The number of hydrogen-bond acceptors (Lipinski definition) is 2. The topological polar surface area (TPSA) is 38.9 Å². The Labute approximate surface area is 65.9 Å². The minimum absolute atomic E-state index is 0. The fraction of sp³-hybridized carbons (Fsp3) is 0. The number of halogens is 1. The highest BCUT2D eigenvalue weighted by Gasteiger charge is 1.84. The number of hydrogen-bond donors (Lipinski definition) is 1. The predicted octanol–water partition coefficient (Wildman–Crippen LogP) is 1.07. The number of aromatic nitrogens is 1. The van der Waals surface area contributed by atoms with E-state index in [1.165, 1.54) is 0 Å². The molecule has 1 heterocycles. The van der Waals surface area contributed by atoms with E-state index in [0.717, 1.165) is 5.56 Å². The third kappa shape index (κ3) is 1.96. The summed E-state index contributed by atoms with van der Waals surface area (Å²) < 4.78 is 0. The third-order valence-corrected chi connectivity index (χ3v) is 0.953. The highest BCUT2D eigenvalue weighted by Crippen LogP contribution is 1.97. The molecule has 0 aromatic carbocycles. The number of nitrogens with two attached hydrogens (primary N) is 1. The van der Waals surface area contributed by atoms with Crippen molar-refractivity contribution in [3.05, 3.63) is 23.9 Å². The van der Waals surface area contributed by atoms with Crippen molar-refractivity contribution in [2.75, 3.05) is 5.73 Å². The summed E-state index contributed by atoms with van der Waals surface area (Å²) >= 11 is 0. The Morgan fingerprint density at radius 1 is 1.50 bits per heavy atom. The number of terminal acetylenes is 1. The van der Waals surface area contributed by atoms with Gasteiger partial charge in [0.15, 0.2) is 0 Å². The summed E-state index contributed by atoms with van der Waals surface area (Å²) in [6.07, 6.45) is 6.63. The van der Waals surface area contributed by atoms with E-state index in [0.29, 0.717) is 5.82 Å². The first-order chi connectivity index (χ1) is 4.33. The first-order valence-electron chi connectivity index (χ1n) is 2.51. The molecule has 1 aromatic rings. The van der Waals surface area contributed by atoms with E-state index < -0.39 is 0 Å². The minimum Gasteiger partial charge on any atom is -0.384 e. The van der Waals surface area contributed by atoms with E-state index in [9.17, 15) is 0 Å². The van der Waals surface area contributed by atoms with Crippen molar-refractivity contribution >= 4 is 18.2 Å². The highest BCUT2D eigenvalue weighted by atomic mass is 35.5. The lowest BCUT2D eigenvalue weighted by atomic mass is 10.3. The van der Waals surface area contributed by atoms with Gasteiger partial charge in [0.05, 0.1) is 0 Å². The molecule has 1 rings (SSSR count). The van der Waals surface area contributed by atoms with Crippen molar-refractivity contribution in [3.63, 3.8) is 0 Å². The lowest BCUT2D eigenvalue weighted by Crippen LogP contribution is -1.88. The number of anilines is 1. The zero-order valence-electron chi connectivity index (χ0n) is 5.24. The molecule has 0 saturated heterocycles.